The largest absolute Gasteiger partial charge is 0.339 e. The third kappa shape index (κ3) is 4.24. The predicted octanol–water partition coefficient (Wildman–Crippen LogP) is 3.59. The van der Waals surface area contributed by atoms with E-state index in [1.54, 1.807) is 12.1 Å². The Morgan fingerprint density at radius 1 is 1.17 bits per heavy atom. The number of carbonyl (C=O) groups is 1. The van der Waals surface area contributed by atoms with Crippen LogP contribution in [0, 0.1) is 11.7 Å². The van der Waals surface area contributed by atoms with Gasteiger partial charge in [-0.2, -0.15) is 0 Å². The lowest BCUT2D eigenvalue weighted by molar-refractivity contribution is 0.0697. The lowest BCUT2D eigenvalue weighted by atomic mass is 9.88. The van der Waals surface area contributed by atoms with Gasteiger partial charge in [-0.3, -0.25) is 4.79 Å². The second-order valence-electron chi connectivity index (χ2n) is 6.74. The molecule has 23 heavy (non-hydrogen) atoms. The van der Waals surface area contributed by atoms with Crippen molar-refractivity contribution in [3.05, 3.63) is 35.1 Å². The number of halogens is 2. The average molecular weight is 341 g/mol. The SMILES string of the molecule is CC1CCN(C(=O)c2ccc(F)c(C3CCNCC3)c2)CC1.Cl. The van der Waals surface area contributed by atoms with Crippen LogP contribution in [0.2, 0.25) is 0 Å². The molecule has 2 heterocycles. The van der Waals surface area contributed by atoms with E-state index in [-0.39, 0.29) is 30.0 Å². The van der Waals surface area contributed by atoms with Crippen LogP contribution in [0.15, 0.2) is 18.2 Å². The first-order chi connectivity index (χ1) is 10.6. The number of hydrogen-bond acceptors (Lipinski definition) is 2. The molecule has 2 fully saturated rings. The van der Waals surface area contributed by atoms with Crippen LogP contribution in [0.5, 0.6) is 0 Å². The van der Waals surface area contributed by atoms with Gasteiger partial charge in [0.25, 0.3) is 5.91 Å². The minimum absolute atomic E-state index is 0. The van der Waals surface area contributed by atoms with Crippen molar-refractivity contribution in [2.24, 2.45) is 5.92 Å². The molecule has 2 saturated heterocycles. The van der Waals surface area contributed by atoms with E-state index in [1.807, 2.05) is 4.90 Å². The lowest BCUT2D eigenvalue weighted by Gasteiger charge is -2.30. The minimum atomic E-state index is -0.171. The maximum absolute atomic E-state index is 14.2. The quantitative estimate of drug-likeness (QED) is 0.892. The van der Waals surface area contributed by atoms with Gasteiger partial charge in [-0.1, -0.05) is 6.92 Å². The van der Waals surface area contributed by atoms with Gasteiger partial charge in [0.1, 0.15) is 5.82 Å². The predicted molar refractivity (Wildman–Crippen MR) is 92.8 cm³/mol. The van der Waals surface area contributed by atoms with Gasteiger partial charge in [-0.15, -0.1) is 12.4 Å². The third-order valence-electron chi connectivity index (χ3n) is 5.09. The average Bonchev–Trinajstić information content (AvgIpc) is 2.56. The zero-order valence-electron chi connectivity index (χ0n) is 13.7. The first-order valence-corrected chi connectivity index (χ1v) is 8.44. The topological polar surface area (TPSA) is 32.3 Å². The summed E-state index contributed by atoms with van der Waals surface area (Å²) in [6, 6.07) is 4.91. The van der Waals surface area contributed by atoms with E-state index >= 15 is 0 Å². The van der Waals surface area contributed by atoms with E-state index in [9.17, 15) is 9.18 Å². The highest BCUT2D eigenvalue weighted by atomic mass is 35.5. The Kier molecular flexibility index (Phi) is 6.42. The molecular formula is C18H26ClFN2O. The molecule has 1 aromatic carbocycles. The molecule has 0 spiro atoms. The molecule has 0 bridgehead atoms. The van der Waals surface area contributed by atoms with E-state index in [4.69, 9.17) is 0 Å². The summed E-state index contributed by atoms with van der Waals surface area (Å²) in [6.07, 6.45) is 4.01. The van der Waals surface area contributed by atoms with Crippen molar-refractivity contribution >= 4 is 18.3 Å². The van der Waals surface area contributed by atoms with Gasteiger partial charge in [0.05, 0.1) is 0 Å². The Labute approximate surface area is 144 Å². The van der Waals surface area contributed by atoms with Gasteiger partial charge in [0.2, 0.25) is 0 Å². The van der Waals surface area contributed by atoms with Crippen LogP contribution in [0.3, 0.4) is 0 Å². The van der Waals surface area contributed by atoms with Crippen LogP contribution < -0.4 is 5.32 Å². The molecule has 5 heteroatoms. The number of amides is 1. The molecule has 0 aliphatic carbocycles. The molecule has 128 valence electrons. The summed E-state index contributed by atoms with van der Waals surface area (Å²) >= 11 is 0. The van der Waals surface area contributed by atoms with Crippen molar-refractivity contribution in [2.45, 2.75) is 38.5 Å². The molecule has 0 aromatic heterocycles. The van der Waals surface area contributed by atoms with Gasteiger partial charge in [0, 0.05) is 18.7 Å². The number of benzene rings is 1. The number of nitrogens with one attached hydrogen (secondary N) is 1. The molecular weight excluding hydrogens is 315 g/mol. The molecule has 0 radical (unpaired) electrons. The second-order valence-corrected chi connectivity index (χ2v) is 6.74. The van der Waals surface area contributed by atoms with Crippen LogP contribution in [0.25, 0.3) is 0 Å². The minimum Gasteiger partial charge on any atom is -0.339 e. The Hall–Kier alpha value is -1.13. The van der Waals surface area contributed by atoms with Gasteiger partial charge in [-0.25, -0.2) is 4.39 Å². The normalized spacial score (nSPS) is 20.2. The van der Waals surface area contributed by atoms with Crippen molar-refractivity contribution in [3.8, 4) is 0 Å². The smallest absolute Gasteiger partial charge is 0.253 e. The van der Waals surface area contributed by atoms with Crippen LogP contribution in [0.1, 0.15) is 54.4 Å². The van der Waals surface area contributed by atoms with Crippen molar-refractivity contribution < 1.29 is 9.18 Å². The van der Waals surface area contributed by atoms with E-state index in [2.05, 4.69) is 12.2 Å². The van der Waals surface area contributed by atoms with Gasteiger partial charge < -0.3 is 10.2 Å². The number of carbonyl (C=O) groups excluding carboxylic acids is 1. The molecule has 0 atom stereocenters. The van der Waals surface area contributed by atoms with Gasteiger partial charge in [-0.05, 0) is 74.4 Å². The molecule has 2 aliphatic rings. The van der Waals surface area contributed by atoms with E-state index in [1.165, 1.54) is 6.07 Å². The Morgan fingerprint density at radius 2 is 1.83 bits per heavy atom. The van der Waals surface area contributed by atoms with Crippen LogP contribution in [-0.2, 0) is 0 Å². The monoisotopic (exact) mass is 340 g/mol. The fourth-order valence-electron chi connectivity index (χ4n) is 3.52. The van der Waals surface area contributed by atoms with Crippen LogP contribution >= 0.6 is 12.4 Å². The summed E-state index contributed by atoms with van der Waals surface area (Å²) in [6.45, 7) is 5.72. The fraction of sp³-hybridized carbons (Fsp3) is 0.611. The van der Waals surface area contributed by atoms with E-state index in [0.717, 1.165) is 57.4 Å². The summed E-state index contributed by atoms with van der Waals surface area (Å²) in [7, 11) is 0. The van der Waals surface area contributed by atoms with E-state index in [0.29, 0.717) is 11.5 Å². The van der Waals surface area contributed by atoms with E-state index < -0.39 is 0 Å². The molecule has 1 N–H and O–H groups in total. The fourth-order valence-corrected chi connectivity index (χ4v) is 3.52. The van der Waals surface area contributed by atoms with Crippen molar-refractivity contribution in [3.63, 3.8) is 0 Å². The molecule has 3 rings (SSSR count). The second kappa shape index (κ2) is 8.11. The number of likely N-dealkylation sites (tertiary alicyclic amines) is 1. The lowest BCUT2D eigenvalue weighted by Crippen LogP contribution is -2.38. The summed E-state index contributed by atoms with van der Waals surface area (Å²) in [5.41, 5.74) is 1.36. The number of hydrogen-bond donors (Lipinski definition) is 1. The molecule has 1 amide bonds. The van der Waals surface area contributed by atoms with Crippen molar-refractivity contribution in [2.75, 3.05) is 26.2 Å². The molecule has 0 unspecified atom stereocenters. The highest BCUT2D eigenvalue weighted by Crippen LogP contribution is 2.29. The Bertz CT molecular complexity index is 538. The first kappa shape index (κ1) is 18.2. The number of rotatable bonds is 2. The molecule has 3 nitrogen and oxygen atoms in total. The summed E-state index contributed by atoms with van der Waals surface area (Å²) in [5, 5.41) is 3.30. The van der Waals surface area contributed by atoms with Crippen molar-refractivity contribution in [1.82, 2.24) is 10.2 Å². The highest BCUT2D eigenvalue weighted by Gasteiger charge is 2.24. The van der Waals surface area contributed by atoms with Gasteiger partial charge in [0.15, 0.2) is 0 Å². The summed E-state index contributed by atoms with van der Waals surface area (Å²) < 4.78 is 14.2. The highest BCUT2D eigenvalue weighted by molar-refractivity contribution is 5.94. The Morgan fingerprint density at radius 3 is 2.48 bits per heavy atom. The third-order valence-corrected chi connectivity index (χ3v) is 5.09. The van der Waals surface area contributed by atoms with Crippen molar-refractivity contribution in [1.29, 1.82) is 0 Å². The van der Waals surface area contributed by atoms with Gasteiger partial charge >= 0.3 is 0 Å². The first-order valence-electron chi connectivity index (χ1n) is 8.44. The molecule has 0 saturated carbocycles. The maximum atomic E-state index is 14.2. The summed E-state index contributed by atoms with van der Waals surface area (Å²) in [4.78, 5) is 14.6. The Balaban J connectivity index is 0.00000192. The summed E-state index contributed by atoms with van der Waals surface area (Å²) in [5.74, 6) is 0.816. The van der Waals surface area contributed by atoms with Crippen LogP contribution in [0.4, 0.5) is 4.39 Å². The molecule has 1 aromatic rings. The zero-order chi connectivity index (χ0) is 15.5. The zero-order valence-corrected chi connectivity index (χ0v) is 14.5. The van der Waals surface area contributed by atoms with Crippen LogP contribution in [-0.4, -0.2) is 37.0 Å². The standard InChI is InChI=1S/C18H25FN2O.ClH/c1-13-6-10-21(11-7-13)18(22)15-2-3-17(19)16(12-15)14-4-8-20-9-5-14;/h2-3,12-14,20H,4-11H2,1H3;1H. The molecule has 2 aliphatic heterocycles. The maximum Gasteiger partial charge on any atom is 0.253 e. The number of nitrogens with zero attached hydrogens (tertiary/aromatic N) is 1. The number of piperidine rings is 2.